The fourth-order valence-electron chi connectivity index (χ4n) is 2.62. The third kappa shape index (κ3) is 3.04. The molecule has 1 unspecified atom stereocenters. The van der Waals surface area contributed by atoms with Crippen LogP contribution in [0.4, 0.5) is 0 Å². The lowest BCUT2D eigenvalue weighted by Gasteiger charge is -2.16. The number of benzene rings is 1. The maximum atomic E-state index is 12.5. The van der Waals surface area contributed by atoms with Crippen molar-refractivity contribution in [2.45, 2.75) is 33.8 Å². The molecular formula is C17H23N3O2. The number of nitrogens with zero attached hydrogens (tertiary/aromatic N) is 2. The zero-order chi connectivity index (χ0) is 16.4. The predicted octanol–water partition coefficient (Wildman–Crippen LogP) is 2.12. The van der Waals surface area contributed by atoms with E-state index in [2.05, 4.69) is 16.4 Å². The Hall–Kier alpha value is -2.14. The molecule has 1 amide bonds. The second-order valence-electron chi connectivity index (χ2n) is 5.76. The maximum Gasteiger partial charge on any atom is 0.251 e. The van der Waals surface area contributed by atoms with E-state index in [0.29, 0.717) is 11.4 Å². The minimum atomic E-state index is -0.824. The van der Waals surface area contributed by atoms with Crippen molar-refractivity contribution in [1.82, 2.24) is 14.9 Å². The van der Waals surface area contributed by atoms with E-state index in [1.807, 2.05) is 34.7 Å². The molecule has 0 aliphatic heterocycles. The van der Waals surface area contributed by atoms with E-state index in [1.54, 1.807) is 17.0 Å². The Bertz CT molecular complexity index is 678. The molecule has 1 atom stereocenters. The molecule has 118 valence electrons. The van der Waals surface area contributed by atoms with Gasteiger partial charge in [-0.1, -0.05) is 6.07 Å². The first-order chi connectivity index (χ1) is 10.3. The fraction of sp³-hybridized carbons (Fsp3) is 0.412. The van der Waals surface area contributed by atoms with Gasteiger partial charge in [-0.25, -0.2) is 4.98 Å². The zero-order valence-electron chi connectivity index (χ0n) is 13.8. The minimum Gasteiger partial charge on any atom is -0.383 e. The minimum absolute atomic E-state index is 0.134. The van der Waals surface area contributed by atoms with E-state index >= 15 is 0 Å². The second-order valence-corrected chi connectivity index (χ2v) is 5.76. The summed E-state index contributed by atoms with van der Waals surface area (Å²) in [7, 11) is 1.81. The Morgan fingerprint density at radius 2 is 1.86 bits per heavy atom. The third-order valence-electron chi connectivity index (χ3n) is 4.21. The lowest BCUT2D eigenvalue weighted by molar-refractivity contribution is 0.0908. The van der Waals surface area contributed by atoms with Crippen LogP contribution in [0.5, 0.6) is 0 Å². The quantitative estimate of drug-likeness (QED) is 0.909. The predicted molar refractivity (Wildman–Crippen MR) is 85.9 cm³/mol. The Balaban J connectivity index is 2.15. The molecule has 22 heavy (non-hydrogen) atoms. The van der Waals surface area contributed by atoms with Crippen LogP contribution in [-0.2, 0) is 7.05 Å². The van der Waals surface area contributed by atoms with Crippen LogP contribution in [0.2, 0.25) is 0 Å². The van der Waals surface area contributed by atoms with Crippen LogP contribution in [-0.4, -0.2) is 27.1 Å². The fourth-order valence-corrected chi connectivity index (χ4v) is 2.62. The average Bonchev–Trinajstić information content (AvgIpc) is 2.89. The van der Waals surface area contributed by atoms with Crippen molar-refractivity contribution in [2.24, 2.45) is 7.05 Å². The van der Waals surface area contributed by atoms with Crippen LogP contribution in [0.25, 0.3) is 0 Å². The van der Waals surface area contributed by atoms with Crippen LogP contribution < -0.4 is 5.32 Å². The number of hydrogen-bond acceptors (Lipinski definition) is 3. The van der Waals surface area contributed by atoms with E-state index in [-0.39, 0.29) is 12.5 Å². The molecule has 2 N–H and O–H groups in total. The summed E-state index contributed by atoms with van der Waals surface area (Å²) in [5.74, 6) is 0.379. The highest BCUT2D eigenvalue weighted by molar-refractivity contribution is 5.97. The van der Waals surface area contributed by atoms with Crippen LogP contribution >= 0.6 is 0 Å². The molecule has 5 nitrogen and oxygen atoms in total. The summed E-state index contributed by atoms with van der Waals surface area (Å²) < 4.78 is 1.74. The number of hydrogen-bond donors (Lipinski definition) is 2. The van der Waals surface area contributed by atoms with E-state index in [4.69, 9.17) is 0 Å². The number of aliphatic hydroxyl groups excluding tert-OH is 1. The van der Waals surface area contributed by atoms with Crippen molar-refractivity contribution in [3.63, 3.8) is 0 Å². The van der Waals surface area contributed by atoms with Crippen molar-refractivity contribution in [1.29, 1.82) is 0 Å². The molecule has 2 rings (SSSR count). The summed E-state index contributed by atoms with van der Waals surface area (Å²) in [6.07, 6.45) is 2.56. The standard InChI is InChI=1S/C17H23N3O2/c1-10-8-11(2)13(4)15(12(10)3)17(22)19-9-14(21)16-18-6-7-20(16)5/h6-8,14,21H,9H2,1-5H3,(H,19,22). The molecule has 2 aromatic rings. The number of aliphatic hydroxyl groups is 1. The topological polar surface area (TPSA) is 67.2 Å². The Labute approximate surface area is 131 Å². The van der Waals surface area contributed by atoms with E-state index in [0.717, 1.165) is 22.3 Å². The first-order valence-electron chi connectivity index (χ1n) is 7.33. The first-order valence-corrected chi connectivity index (χ1v) is 7.33. The van der Waals surface area contributed by atoms with Gasteiger partial charge in [0.15, 0.2) is 0 Å². The Morgan fingerprint density at radius 3 is 2.36 bits per heavy atom. The molecule has 5 heteroatoms. The van der Waals surface area contributed by atoms with Gasteiger partial charge in [0.2, 0.25) is 0 Å². The molecule has 0 aliphatic carbocycles. The average molecular weight is 301 g/mol. The maximum absolute atomic E-state index is 12.5. The van der Waals surface area contributed by atoms with Gasteiger partial charge in [-0.05, 0) is 49.9 Å². The first kappa shape index (κ1) is 16.2. The lowest BCUT2D eigenvalue weighted by atomic mass is 9.94. The smallest absolute Gasteiger partial charge is 0.251 e. The zero-order valence-corrected chi connectivity index (χ0v) is 13.8. The van der Waals surface area contributed by atoms with Gasteiger partial charge in [0.05, 0.1) is 6.54 Å². The number of aryl methyl sites for hydroxylation is 3. The third-order valence-corrected chi connectivity index (χ3v) is 4.21. The van der Waals surface area contributed by atoms with Crippen molar-refractivity contribution < 1.29 is 9.90 Å². The molecule has 0 spiro atoms. The highest BCUT2D eigenvalue weighted by Crippen LogP contribution is 2.21. The number of imidazole rings is 1. The molecule has 1 aromatic heterocycles. The summed E-state index contributed by atoms with van der Waals surface area (Å²) in [5, 5.41) is 12.9. The molecule has 0 radical (unpaired) electrons. The highest BCUT2D eigenvalue weighted by atomic mass is 16.3. The Morgan fingerprint density at radius 1 is 1.27 bits per heavy atom. The van der Waals surface area contributed by atoms with Crippen molar-refractivity contribution in [3.8, 4) is 0 Å². The van der Waals surface area contributed by atoms with E-state index < -0.39 is 6.10 Å². The SMILES string of the molecule is Cc1cc(C)c(C)c(C(=O)NCC(O)c2nccn2C)c1C. The van der Waals surface area contributed by atoms with Gasteiger partial charge in [-0.3, -0.25) is 4.79 Å². The molecule has 0 aliphatic rings. The van der Waals surface area contributed by atoms with Crippen molar-refractivity contribution >= 4 is 5.91 Å². The van der Waals surface area contributed by atoms with Gasteiger partial charge in [0, 0.05) is 25.0 Å². The Kier molecular flexibility index (Phi) is 4.66. The molecular weight excluding hydrogens is 278 g/mol. The summed E-state index contributed by atoms with van der Waals surface area (Å²) in [6, 6.07) is 2.09. The van der Waals surface area contributed by atoms with Crippen LogP contribution in [0.15, 0.2) is 18.5 Å². The monoisotopic (exact) mass is 301 g/mol. The summed E-state index contributed by atoms with van der Waals surface area (Å²) in [4.78, 5) is 16.6. The van der Waals surface area contributed by atoms with Gasteiger partial charge < -0.3 is 15.0 Å². The van der Waals surface area contributed by atoms with Gasteiger partial charge >= 0.3 is 0 Å². The number of nitrogens with one attached hydrogen (secondary N) is 1. The summed E-state index contributed by atoms with van der Waals surface area (Å²) in [5.41, 5.74) is 4.85. The number of aromatic nitrogens is 2. The molecule has 0 bridgehead atoms. The summed E-state index contributed by atoms with van der Waals surface area (Å²) in [6.45, 7) is 8.04. The van der Waals surface area contributed by atoms with E-state index in [1.165, 1.54) is 0 Å². The largest absolute Gasteiger partial charge is 0.383 e. The second kappa shape index (κ2) is 6.32. The molecule has 1 aromatic carbocycles. The molecule has 0 fully saturated rings. The van der Waals surface area contributed by atoms with Crippen LogP contribution in [0, 0.1) is 27.7 Å². The van der Waals surface area contributed by atoms with Gasteiger partial charge in [-0.15, -0.1) is 0 Å². The molecule has 0 saturated carbocycles. The lowest BCUT2D eigenvalue weighted by Crippen LogP contribution is -2.30. The molecule has 1 heterocycles. The highest BCUT2D eigenvalue weighted by Gasteiger charge is 2.18. The van der Waals surface area contributed by atoms with Crippen LogP contribution in [0.3, 0.4) is 0 Å². The number of amides is 1. The number of rotatable bonds is 4. The van der Waals surface area contributed by atoms with Gasteiger partial charge in [-0.2, -0.15) is 0 Å². The number of carbonyl (C=O) groups excluding carboxylic acids is 1. The van der Waals surface area contributed by atoms with Crippen LogP contribution in [0.1, 0.15) is 44.5 Å². The normalized spacial score (nSPS) is 12.3. The van der Waals surface area contributed by atoms with Crippen molar-refractivity contribution in [2.75, 3.05) is 6.54 Å². The van der Waals surface area contributed by atoms with Gasteiger partial charge in [0.25, 0.3) is 5.91 Å². The van der Waals surface area contributed by atoms with Gasteiger partial charge in [0.1, 0.15) is 11.9 Å². The summed E-state index contributed by atoms with van der Waals surface area (Å²) >= 11 is 0. The van der Waals surface area contributed by atoms with Crippen molar-refractivity contribution in [3.05, 3.63) is 52.1 Å². The molecule has 0 saturated heterocycles. The van der Waals surface area contributed by atoms with E-state index in [9.17, 15) is 9.90 Å². The number of carbonyl (C=O) groups is 1.